The van der Waals surface area contributed by atoms with Gasteiger partial charge in [0, 0.05) is 12.6 Å². The lowest BCUT2D eigenvalue weighted by molar-refractivity contribution is 0.00766. The summed E-state index contributed by atoms with van der Waals surface area (Å²) >= 11 is 0. The Morgan fingerprint density at radius 1 is 1.00 bits per heavy atom. The zero-order valence-corrected chi connectivity index (χ0v) is 13.7. The molecule has 0 aliphatic heterocycles. The molecule has 0 amide bonds. The Kier molecular flexibility index (Phi) is 3.70. The summed E-state index contributed by atoms with van der Waals surface area (Å²) in [5.74, 6) is 0.883. The molecule has 0 aromatic carbocycles. The third-order valence-corrected chi connectivity index (χ3v) is 6.94. The van der Waals surface area contributed by atoms with E-state index in [0.29, 0.717) is 16.9 Å². The smallest absolute Gasteiger partial charge is 0.0771 e. The summed E-state index contributed by atoms with van der Waals surface area (Å²) in [5, 5.41) is 14.7. The van der Waals surface area contributed by atoms with Gasteiger partial charge in [-0.25, -0.2) is 0 Å². The monoisotopic (exact) mass is 279 g/mol. The van der Waals surface area contributed by atoms with Crippen LogP contribution < -0.4 is 5.32 Å². The number of hydrogen-bond acceptors (Lipinski definition) is 2. The summed E-state index contributed by atoms with van der Waals surface area (Å²) in [6, 6.07) is 0.584. The van der Waals surface area contributed by atoms with Gasteiger partial charge in [-0.05, 0) is 48.9 Å². The van der Waals surface area contributed by atoms with Gasteiger partial charge in [0.1, 0.15) is 0 Å². The van der Waals surface area contributed by atoms with E-state index in [1.54, 1.807) is 0 Å². The summed E-state index contributed by atoms with van der Waals surface area (Å²) in [6.07, 6.45) is 11.2. The van der Waals surface area contributed by atoms with Gasteiger partial charge in [0.15, 0.2) is 0 Å². The molecule has 2 nitrogen and oxygen atoms in total. The lowest BCUT2D eigenvalue weighted by Gasteiger charge is -2.44. The second kappa shape index (κ2) is 4.98. The molecule has 2 bridgehead atoms. The highest BCUT2D eigenvalue weighted by Crippen LogP contribution is 2.62. The molecule has 0 spiro atoms. The average molecular weight is 279 g/mol. The minimum absolute atomic E-state index is 0.397. The zero-order valence-electron chi connectivity index (χ0n) is 13.7. The fourth-order valence-electron chi connectivity index (χ4n) is 5.67. The van der Waals surface area contributed by atoms with Crippen LogP contribution in [-0.4, -0.2) is 23.3 Å². The predicted molar refractivity (Wildman–Crippen MR) is 83.7 cm³/mol. The van der Waals surface area contributed by atoms with Crippen molar-refractivity contribution < 1.29 is 5.11 Å². The maximum Gasteiger partial charge on any atom is 0.0771 e. The van der Waals surface area contributed by atoms with Gasteiger partial charge in [-0.3, -0.25) is 0 Å². The molecule has 0 saturated heterocycles. The molecule has 2 heteroatoms. The van der Waals surface area contributed by atoms with E-state index in [9.17, 15) is 5.11 Å². The van der Waals surface area contributed by atoms with Crippen molar-refractivity contribution in [2.24, 2.45) is 16.7 Å². The highest BCUT2D eigenvalue weighted by atomic mass is 16.3. The quantitative estimate of drug-likeness (QED) is 0.769. The van der Waals surface area contributed by atoms with Crippen molar-refractivity contribution in [3.63, 3.8) is 0 Å². The summed E-state index contributed by atoms with van der Waals surface area (Å²) in [6.45, 7) is 8.16. The standard InChI is InChI=1S/C18H33NO/c1-16(2)14-8-11-17(3,12-14)15(16)19-13-18(20)9-6-4-5-7-10-18/h14-15,19-20H,4-13H2,1-3H3/t14-,15?,17+/m0/s1. The van der Waals surface area contributed by atoms with Crippen molar-refractivity contribution in [3.05, 3.63) is 0 Å². The second-order valence-electron chi connectivity index (χ2n) is 8.87. The van der Waals surface area contributed by atoms with Crippen LogP contribution in [0.4, 0.5) is 0 Å². The number of nitrogens with one attached hydrogen (secondary N) is 1. The Morgan fingerprint density at radius 2 is 1.65 bits per heavy atom. The molecule has 3 aliphatic carbocycles. The molecule has 116 valence electrons. The zero-order chi connectivity index (χ0) is 14.4. The molecule has 3 aliphatic rings. The minimum Gasteiger partial charge on any atom is -0.389 e. The Labute approximate surface area is 124 Å². The molecule has 3 atom stereocenters. The molecular formula is C18H33NO. The van der Waals surface area contributed by atoms with Crippen LogP contribution in [0, 0.1) is 16.7 Å². The van der Waals surface area contributed by atoms with Crippen molar-refractivity contribution in [1.82, 2.24) is 5.32 Å². The van der Waals surface area contributed by atoms with Crippen molar-refractivity contribution in [1.29, 1.82) is 0 Å². The Hall–Kier alpha value is -0.0800. The third-order valence-electron chi connectivity index (χ3n) is 6.94. The van der Waals surface area contributed by atoms with Crippen LogP contribution in [0.3, 0.4) is 0 Å². The van der Waals surface area contributed by atoms with Gasteiger partial charge in [-0.2, -0.15) is 0 Å². The fraction of sp³-hybridized carbons (Fsp3) is 1.00. The Bertz CT molecular complexity index is 352. The van der Waals surface area contributed by atoms with Gasteiger partial charge in [0.2, 0.25) is 0 Å². The van der Waals surface area contributed by atoms with Crippen LogP contribution in [0.2, 0.25) is 0 Å². The molecule has 2 N–H and O–H groups in total. The molecular weight excluding hydrogens is 246 g/mol. The van der Waals surface area contributed by atoms with E-state index in [4.69, 9.17) is 0 Å². The molecule has 0 aromatic heterocycles. The summed E-state index contributed by atoms with van der Waals surface area (Å²) < 4.78 is 0. The van der Waals surface area contributed by atoms with E-state index in [1.807, 2.05) is 0 Å². The van der Waals surface area contributed by atoms with Crippen molar-refractivity contribution in [2.75, 3.05) is 6.54 Å². The van der Waals surface area contributed by atoms with E-state index in [-0.39, 0.29) is 0 Å². The van der Waals surface area contributed by atoms with Gasteiger partial charge >= 0.3 is 0 Å². The van der Waals surface area contributed by atoms with Crippen LogP contribution in [-0.2, 0) is 0 Å². The molecule has 1 unspecified atom stereocenters. The van der Waals surface area contributed by atoms with Crippen LogP contribution in [0.25, 0.3) is 0 Å². The van der Waals surface area contributed by atoms with Crippen molar-refractivity contribution in [2.45, 2.75) is 90.2 Å². The van der Waals surface area contributed by atoms with E-state index < -0.39 is 5.60 Å². The van der Waals surface area contributed by atoms with Gasteiger partial charge < -0.3 is 10.4 Å². The highest BCUT2D eigenvalue weighted by molar-refractivity contribution is 5.12. The van der Waals surface area contributed by atoms with Crippen LogP contribution >= 0.6 is 0 Å². The van der Waals surface area contributed by atoms with Gasteiger partial charge in [-0.1, -0.05) is 46.5 Å². The molecule has 3 fully saturated rings. The first-order valence-electron chi connectivity index (χ1n) is 8.82. The number of hydrogen-bond donors (Lipinski definition) is 2. The summed E-state index contributed by atoms with van der Waals surface area (Å²) in [7, 11) is 0. The highest BCUT2D eigenvalue weighted by Gasteiger charge is 2.59. The first-order chi connectivity index (χ1) is 9.36. The SMILES string of the molecule is CC1(C)C(NCC2(O)CCCCCC2)[C@]2(C)CC[C@H]1C2. The van der Waals surface area contributed by atoms with Crippen molar-refractivity contribution in [3.8, 4) is 0 Å². The Balaban J connectivity index is 1.65. The van der Waals surface area contributed by atoms with Crippen LogP contribution in [0.1, 0.15) is 78.6 Å². The average Bonchev–Trinajstić information content (AvgIpc) is 2.74. The maximum atomic E-state index is 10.9. The van der Waals surface area contributed by atoms with Crippen molar-refractivity contribution >= 4 is 0 Å². The Morgan fingerprint density at radius 3 is 2.20 bits per heavy atom. The molecule has 3 saturated carbocycles. The summed E-state index contributed by atoms with van der Waals surface area (Å²) in [4.78, 5) is 0. The number of rotatable bonds is 3. The molecule has 0 heterocycles. The van der Waals surface area contributed by atoms with Crippen LogP contribution in [0.15, 0.2) is 0 Å². The number of aliphatic hydroxyl groups is 1. The van der Waals surface area contributed by atoms with E-state index in [2.05, 4.69) is 26.1 Å². The first kappa shape index (κ1) is 14.8. The normalized spacial score (nSPS) is 42.6. The second-order valence-corrected chi connectivity index (χ2v) is 8.87. The summed E-state index contributed by atoms with van der Waals surface area (Å²) in [5.41, 5.74) is 0.425. The van der Waals surface area contributed by atoms with Gasteiger partial charge in [-0.15, -0.1) is 0 Å². The first-order valence-corrected chi connectivity index (χ1v) is 8.82. The molecule has 3 rings (SSSR count). The molecule has 0 aromatic rings. The number of fused-ring (bicyclic) bond motifs is 2. The molecule has 20 heavy (non-hydrogen) atoms. The fourth-order valence-corrected chi connectivity index (χ4v) is 5.67. The molecule has 0 radical (unpaired) electrons. The third kappa shape index (κ3) is 2.43. The minimum atomic E-state index is -0.440. The van der Waals surface area contributed by atoms with Gasteiger partial charge in [0.25, 0.3) is 0 Å². The largest absolute Gasteiger partial charge is 0.389 e. The van der Waals surface area contributed by atoms with Gasteiger partial charge in [0.05, 0.1) is 5.60 Å². The van der Waals surface area contributed by atoms with E-state index in [1.165, 1.54) is 44.9 Å². The lowest BCUT2D eigenvalue weighted by Crippen LogP contribution is -2.54. The topological polar surface area (TPSA) is 32.3 Å². The lowest BCUT2D eigenvalue weighted by atomic mass is 9.68. The predicted octanol–water partition coefficient (Wildman–Crippen LogP) is 3.88. The van der Waals surface area contributed by atoms with Crippen LogP contribution in [0.5, 0.6) is 0 Å². The van der Waals surface area contributed by atoms with E-state index >= 15 is 0 Å². The van der Waals surface area contributed by atoms with E-state index in [0.717, 1.165) is 25.3 Å². The maximum absolute atomic E-state index is 10.9.